The van der Waals surface area contributed by atoms with Crippen LogP contribution < -0.4 is 10.6 Å². The van der Waals surface area contributed by atoms with Gasteiger partial charge in [0, 0.05) is 12.6 Å². The molecule has 0 bridgehead atoms. The predicted molar refractivity (Wildman–Crippen MR) is 59.3 cm³/mol. The lowest BCUT2D eigenvalue weighted by Crippen LogP contribution is -2.34. The third-order valence-electron chi connectivity index (χ3n) is 1.79. The van der Waals surface area contributed by atoms with Crippen LogP contribution in [0.25, 0.3) is 0 Å². The number of nitrogens with one attached hydrogen (secondary N) is 2. The number of hydrogen-bond acceptors (Lipinski definition) is 4. The molecule has 0 aromatic heterocycles. The van der Waals surface area contributed by atoms with E-state index in [1.807, 2.05) is 20.8 Å². The fourth-order valence-electron chi connectivity index (χ4n) is 1.10. The molecule has 1 aliphatic rings. The highest BCUT2D eigenvalue weighted by Crippen LogP contribution is 2.02. The lowest BCUT2D eigenvalue weighted by atomic mass is 10.2. The zero-order chi connectivity index (χ0) is 12.6. The van der Waals surface area contributed by atoms with Gasteiger partial charge in [-0.2, -0.15) is 0 Å². The molecule has 0 aromatic rings. The highest BCUT2D eigenvalue weighted by atomic mass is 16.5. The predicted octanol–water partition coefficient (Wildman–Crippen LogP) is 0.574. The lowest BCUT2D eigenvalue weighted by Gasteiger charge is -2.14. The van der Waals surface area contributed by atoms with E-state index in [9.17, 15) is 9.59 Å². The zero-order valence-corrected chi connectivity index (χ0v) is 9.95. The molecule has 1 atom stereocenters. The van der Waals surface area contributed by atoms with Gasteiger partial charge in [-0.05, 0) is 33.7 Å². The molecular weight excluding hydrogens is 212 g/mol. The van der Waals surface area contributed by atoms with Crippen molar-refractivity contribution < 1.29 is 19.4 Å². The van der Waals surface area contributed by atoms with Crippen molar-refractivity contribution in [1.29, 1.82) is 0 Å². The molecule has 6 heteroatoms. The molecule has 1 rings (SSSR count). The molecule has 0 radical (unpaired) electrons. The minimum absolute atomic E-state index is 0.127. The molecule has 0 aromatic carbocycles. The first-order valence-electron chi connectivity index (χ1n) is 5.17. The number of carbonyl (C=O) groups excluding carboxylic acids is 1. The van der Waals surface area contributed by atoms with Crippen molar-refractivity contribution in [2.24, 2.45) is 0 Å². The Bertz CT molecular complexity index is 219. The summed E-state index contributed by atoms with van der Waals surface area (Å²) in [5.41, 5.74) is -0.318. The standard InChI is InChI=1S/C5H10N2O2.C5H10O2/c8-5(9)7-4-1-2-6-3-4;1-5(2,3)7-4-6/h4,6-7H,1-3H2,(H,8,9);4H,1-3H3/t4-;/m0./s1. The van der Waals surface area contributed by atoms with Gasteiger partial charge >= 0.3 is 6.09 Å². The van der Waals surface area contributed by atoms with Gasteiger partial charge in [-0.1, -0.05) is 0 Å². The van der Waals surface area contributed by atoms with Gasteiger partial charge in [0.1, 0.15) is 5.60 Å². The van der Waals surface area contributed by atoms with E-state index in [1.54, 1.807) is 0 Å². The summed E-state index contributed by atoms with van der Waals surface area (Å²) in [6.45, 7) is 7.61. The van der Waals surface area contributed by atoms with Crippen LogP contribution in [0.1, 0.15) is 27.2 Å². The molecule has 1 fully saturated rings. The quantitative estimate of drug-likeness (QED) is 0.606. The van der Waals surface area contributed by atoms with E-state index in [-0.39, 0.29) is 11.6 Å². The second kappa shape index (κ2) is 7.05. The number of ether oxygens (including phenoxy) is 1. The normalized spacial score (nSPS) is 19.3. The van der Waals surface area contributed by atoms with Crippen molar-refractivity contribution in [3.63, 3.8) is 0 Å². The molecular formula is C10H20N2O4. The maximum Gasteiger partial charge on any atom is 0.404 e. The second-order valence-electron chi connectivity index (χ2n) is 4.47. The van der Waals surface area contributed by atoms with Crippen molar-refractivity contribution >= 4 is 12.6 Å². The van der Waals surface area contributed by atoms with Gasteiger partial charge in [-0.3, -0.25) is 4.79 Å². The SMILES string of the molecule is CC(C)(C)OC=O.O=C(O)N[C@H]1CCNC1. The largest absolute Gasteiger partial charge is 0.465 e. The fraction of sp³-hybridized carbons (Fsp3) is 0.800. The van der Waals surface area contributed by atoms with E-state index in [0.717, 1.165) is 19.5 Å². The average molecular weight is 232 g/mol. The molecule has 94 valence electrons. The number of rotatable bonds is 2. The summed E-state index contributed by atoms with van der Waals surface area (Å²) in [5.74, 6) is 0. The van der Waals surface area contributed by atoms with Crippen molar-refractivity contribution in [1.82, 2.24) is 10.6 Å². The summed E-state index contributed by atoms with van der Waals surface area (Å²) < 4.78 is 4.55. The molecule has 0 spiro atoms. The Kier molecular flexibility index (Phi) is 6.48. The smallest absolute Gasteiger partial charge is 0.404 e. The van der Waals surface area contributed by atoms with E-state index in [4.69, 9.17) is 5.11 Å². The van der Waals surface area contributed by atoms with Crippen LogP contribution in [0, 0.1) is 0 Å². The summed E-state index contributed by atoms with van der Waals surface area (Å²) in [4.78, 5) is 19.6. The number of carboxylic acid groups (broad SMARTS) is 1. The van der Waals surface area contributed by atoms with E-state index in [0.29, 0.717) is 6.47 Å². The minimum atomic E-state index is -0.927. The van der Waals surface area contributed by atoms with E-state index < -0.39 is 6.09 Å². The first kappa shape index (κ1) is 14.7. The molecule has 0 saturated carbocycles. The number of hydrogen-bond donors (Lipinski definition) is 3. The van der Waals surface area contributed by atoms with Crippen molar-refractivity contribution in [3.05, 3.63) is 0 Å². The maximum atomic E-state index is 10.0. The summed E-state index contributed by atoms with van der Waals surface area (Å²) in [7, 11) is 0. The summed E-state index contributed by atoms with van der Waals surface area (Å²) >= 11 is 0. The fourth-order valence-corrected chi connectivity index (χ4v) is 1.10. The minimum Gasteiger partial charge on any atom is -0.465 e. The van der Waals surface area contributed by atoms with Gasteiger partial charge in [0.25, 0.3) is 6.47 Å². The van der Waals surface area contributed by atoms with E-state index in [2.05, 4.69) is 15.4 Å². The van der Waals surface area contributed by atoms with Crippen molar-refractivity contribution in [2.75, 3.05) is 13.1 Å². The monoisotopic (exact) mass is 232 g/mol. The van der Waals surface area contributed by atoms with E-state index in [1.165, 1.54) is 0 Å². The van der Waals surface area contributed by atoms with Gasteiger partial charge in [0.05, 0.1) is 0 Å². The first-order chi connectivity index (χ1) is 7.35. The number of amides is 1. The Labute approximate surface area is 95.4 Å². The van der Waals surface area contributed by atoms with Gasteiger partial charge in [0.2, 0.25) is 0 Å². The number of carbonyl (C=O) groups is 2. The van der Waals surface area contributed by atoms with Crippen LogP contribution in [0.4, 0.5) is 4.79 Å². The van der Waals surface area contributed by atoms with Crippen LogP contribution in [-0.2, 0) is 9.53 Å². The first-order valence-corrected chi connectivity index (χ1v) is 5.17. The Morgan fingerprint density at radius 1 is 1.56 bits per heavy atom. The van der Waals surface area contributed by atoms with Crippen LogP contribution >= 0.6 is 0 Å². The summed E-state index contributed by atoms with van der Waals surface area (Å²) in [6.07, 6.45) is -0.0181. The van der Waals surface area contributed by atoms with Gasteiger partial charge in [-0.15, -0.1) is 0 Å². The molecule has 16 heavy (non-hydrogen) atoms. The van der Waals surface area contributed by atoms with Crippen molar-refractivity contribution in [2.45, 2.75) is 38.8 Å². The Hall–Kier alpha value is -1.30. The van der Waals surface area contributed by atoms with Crippen LogP contribution in [0.15, 0.2) is 0 Å². The molecule has 1 amide bonds. The maximum absolute atomic E-state index is 10.0. The summed E-state index contributed by atoms with van der Waals surface area (Å²) in [6, 6.07) is 0.127. The van der Waals surface area contributed by atoms with E-state index >= 15 is 0 Å². The molecule has 1 heterocycles. The second-order valence-corrected chi connectivity index (χ2v) is 4.47. The van der Waals surface area contributed by atoms with Crippen LogP contribution in [0.3, 0.4) is 0 Å². The topological polar surface area (TPSA) is 87.7 Å². The van der Waals surface area contributed by atoms with Gasteiger partial charge in [0.15, 0.2) is 0 Å². The summed E-state index contributed by atoms with van der Waals surface area (Å²) in [5, 5.41) is 13.7. The molecule has 1 aliphatic heterocycles. The van der Waals surface area contributed by atoms with Gasteiger partial charge < -0.3 is 20.5 Å². The van der Waals surface area contributed by atoms with Crippen molar-refractivity contribution in [3.8, 4) is 0 Å². The molecule has 0 aliphatic carbocycles. The van der Waals surface area contributed by atoms with Crippen LogP contribution in [-0.4, -0.2) is 42.4 Å². The Morgan fingerprint density at radius 3 is 2.44 bits per heavy atom. The Morgan fingerprint density at radius 2 is 2.19 bits per heavy atom. The molecule has 3 N–H and O–H groups in total. The molecule has 0 unspecified atom stereocenters. The molecule has 1 saturated heterocycles. The highest BCUT2D eigenvalue weighted by molar-refractivity contribution is 5.64. The third kappa shape index (κ3) is 9.26. The average Bonchev–Trinajstić information content (AvgIpc) is 2.54. The van der Waals surface area contributed by atoms with Gasteiger partial charge in [-0.25, -0.2) is 4.79 Å². The highest BCUT2D eigenvalue weighted by Gasteiger charge is 2.15. The lowest BCUT2D eigenvalue weighted by molar-refractivity contribution is -0.138. The Balaban J connectivity index is 0.000000293. The van der Waals surface area contributed by atoms with Crippen LogP contribution in [0.2, 0.25) is 0 Å². The molecule has 6 nitrogen and oxygen atoms in total. The van der Waals surface area contributed by atoms with Crippen LogP contribution in [0.5, 0.6) is 0 Å². The zero-order valence-electron chi connectivity index (χ0n) is 9.95. The third-order valence-corrected chi connectivity index (χ3v) is 1.79.